The first-order chi connectivity index (χ1) is 8.65. The quantitative estimate of drug-likeness (QED) is 0.769. The van der Waals surface area contributed by atoms with Gasteiger partial charge in [-0.1, -0.05) is 33.6 Å². The highest BCUT2D eigenvalue weighted by Crippen LogP contribution is 2.18. The van der Waals surface area contributed by atoms with Crippen LogP contribution in [0.4, 0.5) is 0 Å². The van der Waals surface area contributed by atoms with Crippen LogP contribution in [0, 0.1) is 12.8 Å². The molecule has 1 aromatic rings. The van der Waals surface area contributed by atoms with Gasteiger partial charge in [0.1, 0.15) is 0 Å². The summed E-state index contributed by atoms with van der Waals surface area (Å²) in [6.07, 6.45) is 3.58. The summed E-state index contributed by atoms with van der Waals surface area (Å²) in [5.41, 5.74) is 2.50. The van der Waals surface area contributed by atoms with Crippen LogP contribution in [0.5, 0.6) is 0 Å². The number of hydrogen-bond acceptors (Lipinski definition) is 2. The Morgan fingerprint density at radius 2 is 1.89 bits per heavy atom. The molecule has 0 fully saturated rings. The van der Waals surface area contributed by atoms with E-state index in [9.17, 15) is 0 Å². The monoisotopic (exact) mass is 251 g/mol. The van der Waals surface area contributed by atoms with Gasteiger partial charge in [0.25, 0.3) is 0 Å². The molecule has 3 heteroatoms. The smallest absolute Gasteiger partial charge is 0.0596 e. The molecule has 0 saturated carbocycles. The fourth-order valence-electron chi connectivity index (χ4n) is 2.79. The van der Waals surface area contributed by atoms with Crippen LogP contribution in [0.15, 0.2) is 6.07 Å². The highest BCUT2D eigenvalue weighted by molar-refractivity contribution is 5.11. The molecule has 0 amide bonds. The van der Waals surface area contributed by atoms with Crippen LogP contribution in [-0.4, -0.2) is 22.4 Å². The van der Waals surface area contributed by atoms with Gasteiger partial charge >= 0.3 is 0 Å². The second kappa shape index (κ2) is 7.57. The molecular weight excluding hydrogens is 222 g/mol. The van der Waals surface area contributed by atoms with E-state index in [2.05, 4.69) is 55.8 Å². The van der Waals surface area contributed by atoms with Crippen LogP contribution < -0.4 is 5.32 Å². The molecule has 1 unspecified atom stereocenters. The van der Waals surface area contributed by atoms with E-state index in [0.29, 0.717) is 6.04 Å². The van der Waals surface area contributed by atoms with Crippen molar-refractivity contribution < 1.29 is 0 Å². The van der Waals surface area contributed by atoms with Crippen molar-refractivity contribution in [1.82, 2.24) is 15.1 Å². The Hall–Kier alpha value is -0.830. The summed E-state index contributed by atoms with van der Waals surface area (Å²) in [6.45, 7) is 13.0. The van der Waals surface area contributed by atoms with Crippen molar-refractivity contribution >= 4 is 0 Å². The number of aromatic nitrogens is 2. The number of nitrogens with zero attached hydrogens (tertiary/aromatic N) is 2. The van der Waals surface area contributed by atoms with E-state index >= 15 is 0 Å². The molecular formula is C15H29N3. The van der Waals surface area contributed by atoms with E-state index in [1.807, 2.05) is 0 Å². The first-order valence-corrected chi connectivity index (χ1v) is 7.42. The molecule has 0 saturated heterocycles. The molecule has 3 nitrogen and oxygen atoms in total. The van der Waals surface area contributed by atoms with Gasteiger partial charge in [0.15, 0.2) is 0 Å². The van der Waals surface area contributed by atoms with Gasteiger partial charge in [-0.3, -0.25) is 4.68 Å². The van der Waals surface area contributed by atoms with Gasteiger partial charge in [0.05, 0.1) is 5.69 Å². The zero-order valence-electron chi connectivity index (χ0n) is 12.7. The predicted octanol–water partition coefficient (Wildman–Crippen LogP) is 3.17. The van der Waals surface area contributed by atoms with E-state index < -0.39 is 0 Å². The summed E-state index contributed by atoms with van der Waals surface area (Å²) in [6, 6.07) is 2.81. The highest BCUT2D eigenvalue weighted by atomic mass is 15.3. The van der Waals surface area contributed by atoms with Gasteiger partial charge in [0, 0.05) is 24.7 Å². The summed E-state index contributed by atoms with van der Waals surface area (Å²) in [5.74, 6) is 0.755. The number of nitrogens with one attached hydrogen (secondary N) is 1. The summed E-state index contributed by atoms with van der Waals surface area (Å²) in [5, 5.41) is 8.19. The van der Waals surface area contributed by atoms with Gasteiger partial charge in [-0.15, -0.1) is 0 Å². The molecule has 1 N–H and O–H groups in total. The molecule has 0 aromatic carbocycles. The number of aryl methyl sites for hydroxylation is 2. The Kier molecular flexibility index (Phi) is 6.41. The third-order valence-electron chi connectivity index (χ3n) is 3.80. The Bertz CT molecular complexity index is 340. The summed E-state index contributed by atoms with van der Waals surface area (Å²) >= 11 is 0. The minimum absolute atomic E-state index is 0.575. The third kappa shape index (κ3) is 3.84. The minimum atomic E-state index is 0.575. The molecule has 0 aliphatic rings. The van der Waals surface area contributed by atoms with E-state index in [4.69, 9.17) is 0 Å². The zero-order chi connectivity index (χ0) is 13.5. The molecule has 18 heavy (non-hydrogen) atoms. The molecule has 0 aliphatic carbocycles. The third-order valence-corrected chi connectivity index (χ3v) is 3.80. The van der Waals surface area contributed by atoms with Crippen molar-refractivity contribution in [1.29, 1.82) is 0 Å². The highest BCUT2D eigenvalue weighted by Gasteiger charge is 2.19. The molecule has 104 valence electrons. The van der Waals surface area contributed by atoms with Crippen molar-refractivity contribution in [3.63, 3.8) is 0 Å². The van der Waals surface area contributed by atoms with Gasteiger partial charge in [0.2, 0.25) is 0 Å². The predicted molar refractivity (Wildman–Crippen MR) is 77.9 cm³/mol. The standard InChI is InChI=1S/C15H29N3/c1-6-13(7-2)15(16-8-3)11-14-10-12(5)17-18(14)9-4/h10,13,15-16H,6-9,11H2,1-5H3. The Morgan fingerprint density at radius 3 is 2.39 bits per heavy atom. The van der Waals surface area contributed by atoms with Crippen LogP contribution in [0.3, 0.4) is 0 Å². The molecule has 1 atom stereocenters. The van der Waals surface area contributed by atoms with Gasteiger partial charge in [-0.25, -0.2) is 0 Å². The topological polar surface area (TPSA) is 29.9 Å². The lowest BCUT2D eigenvalue weighted by molar-refractivity contribution is 0.331. The lowest BCUT2D eigenvalue weighted by Gasteiger charge is -2.26. The van der Waals surface area contributed by atoms with E-state index in [-0.39, 0.29) is 0 Å². The zero-order valence-corrected chi connectivity index (χ0v) is 12.7. The normalized spacial score (nSPS) is 13.2. The van der Waals surface area contributed by atoms with E-state index in [1.165, 1.54) is 18.5 Å². The summed E-state index contributed by atoms with van der Waals surface area (Å²) in [4.78, 5) is 0. The fourth-order valence-corrected chi connectivity index (χ4v) is 2.79. The van der Waals surface area contributed by atoms with Crippen LogP contribution in [0.25, 0.3) is 0 Å². The summed E-state index contributed by atoms with van der Waals surface area (Å²) in [7, 11) is 0. The lowest BCUT2D eigenvalue weighted by atomic mass is 9.90. The van der Waals surface area contributed by atoms with Crippen LogP contribution >= 0.6 is 0 Å². The number of rotatable bonds is 8. The van der Waals surface area contributed by atoms with Gasteiger partial charge in [-0.05, 0) is 32.4 Å². The molecule has 0 bridgehead atoms. The molecule has 1 heterocycles. The number of hydrogen-bond donors (Lipinski definition) is 1. The molecule has 0 aliphatic heterocycles. The second-order valence-electron chi connectivity index (χ2n) is 5.04. The Balaban J connectivity index is 2.81. The van der Waals surface area contributed by atoms with Gasteiger partial charge < -0.3 is 5.32 Å². The van der Waals surface area contributed by atoms with Gasteiger partial charge in [-0.2, -0.15) is 5.10 Å². The molecule has 1 aromatic heterocycles. The van der Waals surface area contributed by atoms with Crippen molar-refractivity contribution in [2.24, 2.45) is 5.92 Å². The molecule has 1 rings (SSSR count). The average Bonchev–Trinajstić information content (AvgIpc) is 2.71. The SMILES string of the molecule is CCNC(Cc1cc(C)nn1CC)C(CC)CC. The van der Waals surface area contributed by atoms with Crippen molar-refractivity contribution in [2.45, 2.75) is 66.5 Å². The van der Waals surface area contributed by atoms with Crippen molar-refractivity contribution in [3.8, 4) is 0 Å². The Morgan fingerprint density at radius 1 is 1.22 bits per heavy atom. The Labute approximate surface area is 112 Å². The largest absolute Gasteiger partial charge is 0.314 e. The minimum Gasteiger partial charge on any atom is -0.314 e. The lowest BCUT2D eigenvalue weighted by Crippen LogP contribution is -2.38. The first-order valence-electron chi connectivity index (χ1n) is 7.42. The maximum atomic E-state index is 4.54. The second-order valence-corrected chi connectivity index (χ2v) is 5.04. The van der Waals surface area contributed by atoms with Crippen LogP contribution in [0.1, 0.15) is 51.9 Å². The fraction of sp³-hybridized carbons (Fsp3) is 0.800. The maximum Gasteiger partial charge on any atom is 0.0596 e. The first kappa shape index (κ1) is 15.2. The van der Waals surface area contributed by atoms with E-state index in [1.54, 1.807) is 0 Å². The molecule has 0 spiro atoms. The summed E-state index contributed by atoms with van der Waals surface area (Å²) < 4.78 is 2.14. The van der Waals surface area contributed by atoms with E-state index in [0.717, 1.165) is 31.1 Å². The number of likely N-dealkylation sites (N-methyl/N-ethyl adjacent to an activating group) is 1. The maximum absolute atomic E-state index is 4.54. The van der Waals surface area contributed by atoms with Crippen LogP contribution in [0.2, 0.25) is 0 Å². The van der Waals surface area contributed by atoms with Crippen molar-refractivity contribution in [2.75, 3.05) is 6.54 Å². The van der Waals surface area contributed by atoms with Crippen LogP contribution in [-0.2, 0) is 13.0 Å². The molecule has 0 radical (unpaired) electrons. The average molecular weight is 251 g/mol. The van der Waals surface area contributed by atoms with Crippen molar-refractivity contribution in [3.05, 3.63) is 17.5 Å².